The third-order valence-corrected chi connectivity index (χ3v) is 5.28. The molecule has 0 saturated carbocycles. The first kappa shape index (κ1) is 15.7. The second-order valence-corrected chi connectivity index (χ2v) is 6.61. The van der Waals surface area contributed by atoms with Gasteiger partial charge in [-0.05, 0) is 6.92 Å². The highest BCUT2D eigenvalue weighted by atomic mass is 32.1. The van der Waals surface area contributed by atoms with Crippen molar-refractivity contribution in [2.45, 2.75) is 19.8 Å². The summed E-state index contributed by atoms with van der Waals surface area (Å²) < 4.78 is 0. The van der Waals surface area contributed by atoms with Crippen LogP contribution in [0.15, 0.2) is 11.6 Å². The number of hydrogen-bond acceptors (Lipinski definition) is 7. The number of carbonyl (C=O) groups is 1. The second-order valence-electron chi connectivity index (χ2n) is 4.71. The lowest BCUT2D eigenvalue weighted by Gasteiger charge is -2.11. The topological polar surface area (TPSA) is 84.1 Å². The van der Waals surface area contributed by atoms with Gasteiger partial charge in [-0.3, -0.25) is 4.79 Å². The number of thiazole rings is 2. The van der Waals surface area contributed by atoms with Crippen LogP contribution in [0.4, 0.5) is 10.9 Å². The molecule has 2 rings (SSSR count). The monoisotopic (exact) mass is 325 g/mol. The zero-order valence-corrected chi connectivity index (χ0v) is 13.9. The maximum atomic E-state index is 12.2. The van der Waals surface area contributed by atoms with Gasteiger partial charge in [0.15, 0.2) is 5.13 Å². The normalized spacial score (nSPS) is 12.1. The first-order valence-corrected chi connectivity index (χ1v) is 8.37. The van der Waals surface area contributed by atoms with Crippen LogP contribution >= 0.6 is 22.7 Å². The highest BCUT2D eigenvalue weighted by molar-refractivity contribution is 7.18. The SMILES string of the molecule is CCN(C)c1nc(N)c(C(=O)NCC(C)c2nccs2)s1. The van der Waals surface area contributed by atoms with Gasteiger partial charge in [-0.1, -0.05) is 18.3 Å². The van der Waals surface area contributed by atoms with E-state index < -0.39 is 0 Å². The van der Waals surface area contributed by atoms with Crippen molar-refractivity contribution < 1.29 is 4.79 Å². The van der Waals surface area contributed by atoms with E-state index in [-0.39, 0.29) is 17.6 Å². The smallest absolute Gasteiger partial charge is 0.265 e. The van der Waals surface area contributed by atoms with Crippen molar-refractivity contribution in [2.75, 3.05) is 30.8 Å². The summed E-state index contributed by atoms with van der Waals surface area (Å²) in [5.74, 6) is 0.291. The molecule has 6 nitrogen and oxygen atoms in total. The summed E-state index contributed by atoms with van der Waals surface area (Å²) >= 11 is 2.90. The molecule has 0 bridgehead atoms. The van der Waals surface area contributed by atoms with E-state index in [9.17, 15) is 4.79 Å². The standard InChI is InChI=1S/C13H19N5OS2/c1-4-18(3)13-17-10(14)9(21-13)11(19)16-7-8(2)12-15-5-6-20-12/h5-6,8H,4,7,14H2,1-3H3,(H,16,19). The number of amides is 1. The minimum absolute atomic E-state index is 0.177. The highest BCUT2D eigenvalue weighted by Crippen LogP contribution is 2.27. The van der Waals surface area contributed by atoms with Gasteiger partial charge in [0.05, 0.1) is 5.01 Å². The van der Waals surface area contributed by atoms with Crippen LogP contribution in [-0.4, -0.2) is 36.0 Å². The number of rotatable bonds is 6. The van der Waals surface area contributed by atoms with Crippen LogP contribution in [0.2, 0.25) is 0 Å². The predicted octanol–water partition coefficient (Wildman–Crippen LogP) is 2.17. The molecule has 1 amide bonds. The van der Waals surface area contributed by atoms with Crippen LogP contribution in [0.3, 0.4) is 0 Å². The maximum Gasteiger partial charge on any atom is 0.265 e. The van der Waals surface area contributed by atoms with Gasteiger partial charge in [-0.25, -0.2) is 9.97 Å². The van der Waals surface area contributed by atoms with Crippen molar-refractivity contribution in [1.29, 1.82) is 0 Å². The van der Waals surface area contributed by atoms with Crippen LogP contribution in [-0.2, 0) is 0 Å². The quantitative estimate of drug-likeness (QED) is 0.850. The maximum absolute atomic E-state index is 12.2. The van der Waals surface area contributed by atoms with E-state index >= 15 is 0 Å². The predicted molar refractivity (Wildman–Crippen MR) is 88.3 cm³/mol. The lowest BCUT2D eigenvalue weighted by molar-refractivity contribution is 0.0956. The molecule has 1 atom stereocenters. The number of nitrogens with zero attached hydrogens (tertiary/aromatic N) is 3. The van der Waals surface area contributed by atoms with Gasteiger partial charge in [0, 0.05) is 37.6 Å². The third-order valence-electron chi connectivity index (χ3n) is 3.09. The van der Waals surface area contributed by atoms with Gasteiger partial charge >= 0.3 is 0 Å². The number of nitrogen functional groups attached to an aromatic ring is 1. The summed E-state index contributed by atoms with van der Waals surface area (Å²) in [5, 5.41) is 6.60. The van der Waals surface area contributed by atoms with E-state index in [1.807, 2.05) is 31.2 Å². The van der Waals surface area contributed by atoms with Gasteiger partial charge in [0.25, 0.3) is 5.91 Å². The van der Waals surface area contributed by atoms with Crippen molar-refractivity contribution in [3.05, 3.63) is 21.5 Å². The molecular weight excluding hydrogens is 306 g/mol. The zero-order chi connectivity index (χ0) is 15.4. The summed E-state index contributed by atoms with van der Waals surface area (Å²) in [6, 6.07) is 0. The van der Waals surface area contributed by atoms with E-state index in [0.717, 1.165) is 16.7 Å². The number of nitrogens with one attached hydrogen (secondary N) is 1. The summed E-state index contributed by atoms with van der Waals surface area (Å²) in [4.78, 5) is 23.1. The Kier molecular flexibility index (Phi) is 5.13. The fourth-order valence-corrected chi connectivity index (χ4v) is 3.30. The second kappa shape index (κ2) is 6.86. The molecule has 114 valence electrons. The molecule has 0 radical (unpaired) electrons. The van der Waals surface area contributed by atoms with Crippen molar-refractivity contribution in [3.63, 3.8) is 0 Å². The molecule has 0 aliphatic carbocycles. The molecule has 8 heteroatoms. The Labute approximate surface area is 132 Å². The first-order valence-electron chi connectivity index (χ1n) is 6.68. The van der Waals surface area contributed by atoms with E-state index in [2.05, 4.69) is 15.3 Å². The molecule has 1 unspecified atom stereocenters. The molecule has 21 heavy (non-hydrogen) atoms. The van der Waals surface area contributed by atoms with Crippen LogP contribution < -0.4 is 16.0 Å². The minimum Gasteiger partial charge on any atom is -0.382 e. The first-order chi connectivity index (χ1) is 10.0. The largest absolute Gasteiger partial charge is 0.382 e. The molecule has 0 saturated heterocycles. The van der Waals surface area contributed by atoms with Crippen LogP contribution in [0.25, 0.3) is 0 Å². The van der Waals surface area contributed by atoms with Crippen molar-refractivity contribution >= 4 is 39.5 Å². The average Bonchev–Trinajstić information content (AvgIpc) is 3.12. The lowest BCUT2D eigenvalue weighted by atomic mass is 10.2. The zero-order valence-electron chi connectivity index (χ0n) is 12.3. The molecule has 0 aromatic carbocycles. The molecule has 0 aliphatic heterocycles. The molecule has 0 fully saturated rings. The summed E-state index contributed by atoms with van der Waals surface area (Å²) in [6.45, 7) is 5.40. The van der Waals surface area contributed by atoms with E-state index in [0.29, 0.717) is 11.4 Å². The van der Waals surface area contributed by atoms with E-state index in [1.165, 1.54) is 11.3 Å². The Bertz CT molecular complexity index is 596. The Morgan fingerprint density at radius 1 is 1.57 bits per heavy atom. The van der Waals surface area contributed by atoms with Crippen LogP contribution in [0.5, 0.6) is 0 Å². The van der Waals surface area contributed by atoms with Crippen molar-refractivity contribution in [2.24, 2.45) is 0 Å². The molecule has 2 aromatic heterocycles. The Morgan fingerprint density at radius 3 is 2.95 bits per heavy atom. The Morgan fingerprint density at radius 2 is 2.33 bits per heavy atom. The van der Waals surface area contributed by atoms with Gasteiger partial charge < -0.3 is 16.0 Å². The molecule has 0 spiro atoms. The van der Waals surface area contributed by atoms with Gasteiger partial charge in [-0.2, -0.15) is 0 Å². The number of aromatic nitrogens is 2. The van der Waals surface area contributed by atoms with Gasteiger partial charge in [0.1, 0.15) is 10.7 Å². The van der Waals surface area contributed by atoms with E-state index in [1.54, 1.807) is 17.5 Å². The van der Waals surface area contributed by atoms with Crippen molar-refractivity contribution in [3.8, 4) is 0 Å². The Hall–Kier alpha value is -1.67. The average molecular weight is 325 g/mol. The number of carbonyl (C=O) groups excluding carboxylic acids is 1. The molecule has 2 heterocycles. The molecule has 0 aliphatic rings. The third kappa shape index (κ3) is 3.70. The van der Waals surface area contributed by atoms with Gasteiger partial charge in [-0.15, -0.1) is 11.3 Å². The molecular formula is C13H19N5OS2. The van der Waals surface area contributed by atoms with Crippen LogP contribution in [0.1, 0.15) is 34.4 Å². The summed E-state index contributed by atoms with van der Waals surface area (Å²) in [7, 11) is 1.92. The lowest BCUT2D eigenvalue weighted by Crippen LogP contribution is -2.27. The molecule has 2 aromatic rings. The van der Waals surface area contributed by atoms with Crippen molar-refractivity contribution in [1.82, 2.24) is 15.3 Å². The number of hydrogen-bond donors (Lipinski definition) is 2. The summed E-state index contributed by atoms with van der Waals surface area (Å²) in [5.41, 5.74) is 5.84. The van der Waals surface area contributed by atoms with Gasteiger partial charge in [0.2, 0.25) is 0 Å². The van der Waals surface area contributed by atoms with E-state index in [4.69, 9.17) is 5.73 Å². The number of anilines is 2. The molecule has 3 N–H and O–H groups in total. The Balaban J connectivity index is 1.99. The van der Waals surface area contributed by atoms with Crippen LogP contribution in [0, 0.1) is 0 Å². The highest BCUT2D eigenvalue weighted by Gasteiger charge is 2.18. The minimum atomic E-state index is -0.177. The fraction of sp³-hybridized carbons (Fsp3) is 0.462. The fourth-order valence-electron chi connectivity index (χ4n) is 1.67. The number of nitrogens with two attached hydrogens (primary N) is 1. The summed E-state index contributed by atoms with van der Waals surface area (Å²) in [6.07, 6.45) is 1.77.